The summed E-state index contributed by atoms with van der Waals surface area (Å²) < 4.78 is 0. The fourth-order valence-electron chi connectivity index (χ4n) is 2.73. The molecule has 0 saturated heterocycles. The molecule has 0 unspecified atom stereocenters. The Bertz CT molecular complexity index is 951. The number of fused-ring (bicyclic) bond motifs is 1. The summed E-state index contributed by atoms with van der Waals surface area (Å²) in [5, 5.41) is 11.8. The van der Waals surface area contributed by atoms with E-state index in [-0.39, 0.29) is 0 Å². The van der Waals surface area contributed by atoms with Gasteiger partial charge in [0.2, 0.25) is 0 Å². The number of aromatic amines is 2. The molecule has 5 nitrogen and oxygen atoms in total. The van der Waals surface area contributed by atoms with E-state index in [1.807, 2.05) is 25.3 Å². The normalized spacial score (nSPS) is 11.0. The molecule has 0 bridgehead atoms. The lowest BCUT2D eigenvalue weighted by molar-refractivity contribution is 1.04. The molecule has 3 N–H and O–H groups in total. The Hall–Kier alpha value is -3.08. The van der Waals surface area contributed by atoms with Gasteiger partial charge in [0.05, 0.1) is 5.52 Å². The zero-order valence-corrected chi connectivity index (χ0v) is 12.8. The number of para-hydroxylation sites is 1. The van der Waals surface area contributed by atoms with E-state index in [0.717, 1.165) is 29.4 Å². The van der Waals surface area contributed by atoms with Gasteiger partial charge in [0.25, 0.3) is 0 Å². The van der Waals surface area contributed by atoms with Crippen molar-refractivity contribution >= 4 is 16.6 Å². The van der Waals surface area contributed by atoms with Crippen molar-refractivity contribution in [3.8, 4) is 11.4 Å². The molecule has 0 radical (unpaired) electrons. The van der Waals surface area contributed by atoms with Crippen LogP contribution in [0.5, 0.6) is 0 Å². The largest absolute Gasteiger partial charge is 0.381 e. The molecule has 0 saturated carbocycles. The second-order valence-corrected chi connectivity index (χ2v) is 5.54. The van der Waals surface area contributed by atoms with Gasteiger partial charge in [0, 0.05) is 24.0 Å². The SMILES string of the molecule is Cc1nc(-c2cccc(NCc3cccc4cc[nH]c34)c2)n[nH]1. The van der Waals surface area contributed by atoms with Gasteiger partial charge in [-0.05, 0) is 36.1 Å². The summed E-state index contributed by atoms with van der Waals surface area (Å²) in [7, 11) is 0. The Morgan fingerprint density at radius 2 is 2.00 bits per heavy atom. The monoisotopic (exact) mass is 303 g/mol. The maximum atomic E-state index is 4.37. The van der Waals surface area contributed by atoms with Crippen molar-refractivity contribution < 1.29 is 0 Å². The summed E-state index contributed by atoms with van der Waals surface area (Å²) in [6.07, 6.45) is 1.97. The first-order valence-electron chi connectivity index (χ1n) is 7.58. The van der Waals surface area contributed by atoms with Crippen LogP contribution in [0, 0.1) is 6.92 Å². The molecule has 0 aliphatic carbocycles. The number of nitrogens with zero attached hydrogens (tertiary/aromatic N) is 2. The third kappa shape index (κ3) is 2.68. The van der Waals surface area contributed by atoms with E-state index in [4.69, 9.17) is 0 Å². The van der Waals surface area contributed by atoms with Gasteiger partial charge in [-0.25, -0.2) is 4.98 Å². The lowest BCUT2D eigenvalue weighted by Crippen LogP contribution is -2.00. The van der Waals surface area contributed by atoms with Crippen molar-refractivity contribution in [2.45, 2.75) is 13.5 Å². The minimum absolute atomic E-state index is 0.720. The van der Waals surface area contributed by atoms with Gasteiger partial charge in [0.1, 0.15) is 5.82 Å². The third-order valence-electron chi connectivity index (χ3n) is 3.87. The van der Waals surface area contributed by atoms with Gasteiger partial charge in [-0.3, -0.25) is 5.10 Å². The van der Waals surface area contributed by atoms with E-state index >= 15 is 0 Å². The average Bonchev–Trinajstić information content (AvgIpc) is 3.22. The van der Waals surface area contributed by atoms with Crippen molar-refractivity contribution in [1.82, 2.24) is 20.2 Å². The number of aromatic nitrogens is 4. The van der Waals surface area contributed by atoms with Crippen molar-refractivity contribution in [3.63, 3.8) is 0 Å². The standard InChI is InChI=1S/C18H17N5/c1-12-21-18(23-22-12)14-5-3-7-16(10-14)20-11-15-6-2-4-13-8-9-19-17(13)15/h2-10,19-20H,11H2,1H3,(H,21,22,23). The quantitative estimate of drug-likeness (QED) is 0.536. The van der Waals surface area contributed by atoms with Crippen LogP contribution >= 0.6 is 0 Å². The maximum Gasteiger partial charge on any atom is 0.181 e. The Labute approximate surface area is 133 Å². The van der Waals surface area contributed by atoms with Gasteiger partial charge < -0.3 is 10.3 Å². The van der Waals surface area contributed by atoms with Crippen LogP contribution in [0.1, 0.15) is 11.4 Å². The summed E-state index contributed by atoms with van der Waals surface area (Å²) in [6.45, 7) is 2.66. The first-order chi connectivity index (χ1) is 11.3. The molecule has 0 aliphatic rings. The maximum absolute atomic E-state index is 4.37. The number of anilines is 1. The number of hydrogen-bond donors (Lipinski definition) is 3. The molecule has 0 atom stereocenters. The van der Waals surface area contributed by atoms with E-state index in [0.29, 0.717) is 0 Å². The van der Waals surface area contributed by atoms with E-state index in [9.17, 15) is 0 Å². The van der Waals surface area contributed by atoms with Crippen LogP contribution < -0.4 is 5.32 Å². The molecule has 2 aromatic carbocycles. The molecule has 0 aliphatic heterocycles. The molecule has 2 heterocycles. The second-order valence-electron chi connectivity index (χ2n) is 5.54. The van der Waals surface area contributed by atoms with E-state index in [1.54, 1.807) is 0 Å². The van der Waals surface area contributed by atoms with Crippen LogP contribution in [-0.4, -0.2) is 20.2 Å². The number of H-pyrrole nitrogens is 2. The zero-order chi connectivity index (χ0) is 15.6. The Kier molecular flexibility index (Phi) is 3.31. The molecule has 23 heavy (non-hydrogen) atoms. The number of rotatable bonds is 4. The van der Waals surface area contributed by atoms with Crippen LogP contribution in [0.3, 0.4) is 0 Å². The van der Waals surface area contributed by atoms with Gasteiger partial charge in [-0.1, -0.05) is 30.3 Å². The van der Waals surface area contributed by atoms with Crippen molar-refractivity contribution in [2.24, 2.45) is 0 Å². The molecule has 4 aromatic rings. The van der Waals surface area contributed by atoms with Gasteiger partial charge in [-0.15, -0.1) is 0 Å². The molecular weight excluding hydrogens is 286 g/mol. The molecular formula is C18H17N5. The highest BCUT2D eigenvalue weighted by molar-refractivity contribution is 5.82. The summed E-state index contributed by atoms with van der Waals surface area (Å²) in [5.74, 6) is 1.54. The number of benzene rings is 2. The number of aryl methyl sites for hydroxylation is 1. The third-order valence-corrected chi connectivity index (χ3v) is 3.87. The molecule has 0 fully saturated rings. The molecule has 4 rings (SSSR count). The Morgan fingerprint density at radius 1 is 1.09 bits per heavy atom. The molecule has 0 amide bonds. The molecule has 2 aromatic heterocycles. The van der Waals surface area contributed by atoms with E-state index < -0.39 is 0 Å². The van der Waals surface area contributed by atoms with Crippen LogP contribution in [0.15, 0.2) is 54.7 Å². The minimum Gasteiger partial charge on any atom is -0.381 e. The topological polar surface area (TPSA) is 69.4 Å². The zero-order valence-electron chi connectivity index (χ0n) is 12.8. The predicted octanol–water partition coefficient (Wildman–Crippen LogP) is 3.87. The van der Waals surface area contributed by atoms with E-state index in [2.05, 4.69) is 61.9 Å². The predicted molar refractivity (Wildman–Crippen MR) is 92.2 cm³/mol. The first-order valence-corrected chi connectivity index (χ1v) is 7.58. The first kappa shape index (κ1) is 13.6. The Balaban J connectivity index is 1.56. The van der Waals surface area contributed by atoms with Gasteiger partial charge in [0.15, 0.2) is 5.82 Å². The summed E-state index contributed by atoms with van der Waals surface area (Å²) >= 11 is 0. The van der Waals surface area contributed by atoms with Crippen LogP contribution in [0.4, 0.5) is 5.69 Å². The summed E-state index contributed by atoms with van der Waals surface area (Å²) in [6, 6.07) is 16.6. The van der Waals surface area contributed by atoms with Crippen LogP contribution in [-0.2, 0) is 6.54 Å². The number of nitrogens with one attached hydrogen (secondary N) is 3. The lowest BCUT2D eigenvalue weighted by atomic mass is 10.1. The summed E-state index contributed by atoms with van der Waals surface area (Å²) in [4.78, 5) is 7.68. The highest BCUT2D eigenvalue weighted by Gasteiger charge is 2.05. The van der Waals surface area contributed by atoms with Crippen LogP contribution in [0.2, 0.25) is 0 Å². The minimum atomic E-state index is 0.720. The smallest absolute Gasteiger partial charge is 0.181 e. The van der Waals surface area contributed by atoms with Gasteiger partial charge in [-0.2, -0.15) is 5.10 Å². The Morgan fingerprint density at radius 3 is 2.87 bits per heavy atom. The summed E-state index contributed by atoms with van der Waals surface area (Å²) in [5.41, 5.74) is 4.47. The fourth-order valence-corrected chi connectivity index (χ4v) is 2.73. The number of hydrogen-bond acceptors (Lipinski definition) is 3. The lowest BCUT2D eigenvalue weighted by Gasteiger charge is -2.08. The van der Waals surface area contributed by atoms with Gasteiger partial charge >= 0.3 is 0 Å². The van der Waals surface area contributed by atoms with Crippen molar-refractivity contribution in [3.05, 3.63) is 66.1 Å². The highest BCUT2D eigenvalue weighted by Crippen LogP contribution is 2.21. The second kappa shape index (κ2) is 5.61. The molecule has 5 heteroatoms. The fraction of sp³-hybridized carbons (Fsp3) is 0.111. The highest BCUT2D eigenvalue weighted by atomic mass is 15.2. The molecule has 0 spiro atoms. The average molecular weight is 303 g/mol. The molecule has 114 valence electrons. The van der Waals surface area contributed by atoms with Crippen molar-refractivity contribution in [2.75, 3.05) is 5.32 Å². The van der Waals surface area contributed by atoms with Crippen LogP contribution in [0.25, 0.3) is 22.3 Å². The van der Waals surface area contributed by atoms with E-state index in [1.165, 1.54) is 16.5 Å². The van der Waals surface area contributed by atoms with Crippen molar-refractivity contribution in [1.29, 1.82) is 0 Å².